The summed E-state index contributed by atoms with van der Waals surface area (Å²) in [6, 6.07) is 7.99. The molecule has 118 valence electrons. The Morgan fingerprint density at radius 1 is 1.36 bits per heavy atom. The summed E-state index contributed by atoms with van der Waals surface area (Å²) < 4.78 is 5.22. The Morgan fingerprint density at radius 3 is 2.91 bits per heavy atom. The van der Waals surface area contributed by atoms with Crippen molar-refractivity contribution in [1.29, 1.82) is 0 Å². The van der Waals surface area contributed by atoms with Crippen molar-refractivity contribution in [3.63, 3.8) is 0 Å². The van der Waals surface area contributed by atoms with E-state index in [1.807, 2.05) is 24.4 Å². The largest absolute Gasteiger partial charge is 0.497 e. The standard InChI is InChI=1S/C16H22N4OS/c1-12-10-19-15(22-12)7-8-18-16(17-2)20-11-13-5-4-6-14(9-13)21-3/h4-6,9-10H,7-8,11H2,1-3H3,(H2,17,18,20). The van der Waals surface area contributed by atoms with Crippen LogP contribution < -0.4 is 15.4 Å². The zero-order valence-electron chi connectivity index (χ0n) is 13.2. The molecule has 0 spiro atoms. The van der Waals surface area contributed by atoms with Gasteiger partial charge >= 0.3 is 0 Å². The van der Waals surface area contributed by atoms with E-state index < -0.39 is 0 Å². The Hall–Kier alpha value is -2.08. The number of hydrogen-bond donors (Lipinski definition) is 2. The number of benzene rings is 1. The fraction of sp³-hybridized carbons (Fsp3) is 0.375. The maximum atomic E-state index is 5.22. The van der Waals surface area contributed by atoms with E-state index in [9.17, 15) is 0 Å². The fourth-order valence-corrected chi connectivity index (χ4v) is 2.78. The number of methoxy groups -OCH3 is 1. The predicted octanol–water partition coefficient (Wildman–Crippen LogP) is 2.37. The molecule has 0 saturated carbocycles. The lowest BCUT2D eigenvalue weighted by molar-refractivity contribution is 0.414. The van der Waals surface area contributed by atoms with Crippen molar-refractivity contribution in [2.45, 2.75) is 19.9 Å². The number of rotatable bonds is 6. The first-order valence-electron chi connectivity index (χ1n) is 7.20. The average Bonchev–Trinajstić information content (AvgIpc) is 2.96. The molecule has 0 unspecified atom stereocenters. The van der Waals surface area contributed by atoms with Crippen molar-refractivity contribution in [1.82, 2.24) is 15.6 Å². The molecule has 0 aliphatic carbocycles. The van der Waals surface area contributed by atoms with Gasteiger partial charge < -0.3 is 15.4 Å². The first-order valence-corrected chi connectivity index (χ1v) is 8.01. The lowest BCUT2D eigenvalue weighted by Crippen LogP contribution is -2.37. The molecule has 6 heteroatoms. The molecular formula is C16H22N4OS. The summed E-state index contributed by atoms with van der Waals surface area (Å²) in [7, 11) is 3.45. The van der Waals surface area contributed by atoms with E-state index in [0.717, 1.165) is 35.2 Å². The monoisotopic (exact) mass is 318 g/mol. The van der Waals surface area contributed by atoms with Crippen molar-refractivity contribution < 1.29 is 4.74 Å². The van der Waals surface area contributed by atoms with Gasteiger partial charge in [-0.3, -0.25) is 4.99 Å². The number of hydrogen-bond acceptors (Lipinski definition) is 4. The summed E-state index contributed by atoms with van der Waals surface area (Å²) in [5.74, 6) is 1.65. The maximum absolute atomic E-state index is 5.22. The van der Waals surface area contributed by atoms with Crippen LogP contribution in [0.15, 0.2) is 35.5 Å². The van der Waals surface area contributed by atoms with E-state index in [-0.39, 0.29) is 0 Å². The van der Waals surface area contributed by atoms with Crippen molar-refractivity contribution in [3.8, 4) is 5.75 Å². The van der Waals surface area contributed by atoms with Gasteiger partial charge in [0.25, 0.3) is 0 Å². The van der Waals surface area contributed by atoms with Gasteiger partial charge in [0.2, 0.25) is 0 Å². The molecule has 0 saturated heterocycles. The van der Waals surface area contributed by atoms with Gasteiger partial charge in [-0.2, -0.15) is 0 Å². The van der Waals surface area contributed by atoms with Gasteiger partial charge in [0.05, 0.1) is 12.1 Å². The predicted molar refractivity (Wildman–Crippen MR) is 91.8 cm³/mol. The van der Waals surface area contributed by atoms with Gasteiger partial charge in [-0.05, 0) is 24.6 Å². The highest BCUT2D eigenvalue weighted by Gasteiger charge is 2.02. The molecule has 2 N–H and O–H groups in total. The quantitative estimate of drug-likeness (QED) is 0.634. The van der Waals surface area contributed by atoms with Crippen LogP contribution >= 0.6 is 11.3 Å². The zero-order valence-corrected chi connectivity index (χ0v) is 14.0. The topological polar surface area (TPSA) is 58.5 Å². The summed E-state index contributed by atoms with van der Waals surface area (Å²) in [6.45, 7) is 3.58. The smallest absolute Gasteiger partial charge is 0.191 e. The average molecular weight is 318 g/mol. The van der Waals surface area contributed by atoms with Crippen LogP contribution in [0.5, 0.6) is 5.75 Å². The number of nitrogens with one attached hydrogen (secondary N) is 2. The molecule has 22 heavy (non-hydrogen) atoms. The van der Waals surface area contributed by atoms with Crippen LogP contribution in [0.2, 0.25) is 0 Å². The molecule has 1 heterocycles. The van der Waals surface area contributed by atoms with Crippen LogP contribution in [0.3, 0.4) is 0 Å². The molecule has 0 radical (unpaired) electrons. The van der Waals surface area contributed by atoms with E-state index in [1.54, 1.807) is 25.5 Å². The van der Waals surface area contributed by atoms with Gasteiger partial charge in [-0.15, -0.1) is 11.3 Å². The minimum absolute atomic E-state index is 0.702. The maximum Gasteiger partial charge on any atom is 0.191 e. The Kier molecular flexibility index (Phi) is 6.21. The molecule has 0 amide bonds. The highest BCUT2D eigenvalue weighted by molar-refractivity contribution is 7.11. The molecule has 2 aromatic rings. The van der Waals surface area contributed by atoms with Crippen molar-refractivity contribution in [2.24, 2.45) is 4.99 Å². The fourth-order valence-electron chi connectivity index (χ4n) is 1.99. The second kappa shape index (κ2) is 8.38. The molecule has 0 aliphatic rings. The molecule has 1 aromatic carbocycles. The van der Waals surface area contributed by atoms with Crippen LogP contribution in [-0.4, -0.2) is 31.6 Å². The zero-order chi connectivity index (χ0) is 15.8. The summed E-state index contributed by atoms with van der Waals surface area (Å²) >= 11 is 1.74. The van der Waals surface area contributed by atoms with Crippen molar-refractivity contribution in [2.75, 3.05) is 20.7 Å². The van der Waals surface area contributed by atoms with Gasteiger partial charge in [0.1, 0.15) is 5.75 Å². The van der Waals surface area contributed by atoms with E-state index in [2.05, 4.69) is 33.6 Å². The van der Waals surface area contributed by atoms with Crippen LogP contribution in [0.25, 0.3) is 0 Å². The second-order valence-electron chi connectivity index (χ2n) is 4.82. The Labute approximate surface area is 135 Å². The summed E-state index contributed by atoms with van der Waals surface area (Å²) in [5, 5.41) is 7.74. The summed E-state index contributed by atoms with van der Waals surface area (Å²) in [6.07, 6.45) is 2.81. The molecular weight excluding hydrogens is 296 g/mol. The third-order valence-corrected chi connectivity index (χ3v) is 4.09. The molecule has 5 nitrogen and oxygen atoms in total. The molecule has 0 atom stereocenters. The van der Waals surface area contributed by atoms with E-state index >= 15 is 0 Å². The highest BCUT2D eigenvalue weighted by Crippen LogP contribution is 2.12. The van der Waals surface area contributed by atoms with Crippen LogP contribution in [0.4, 0.5) is 0 Å². The molecule has 0 aliphatic heterocycles. The first kappa shape index (κ1) is 16.3. The number of aromatic nitrogens is 1. The number of thiazole rings is 1. The van der Waals surface area contributed by atoms with E-state index in [0.29, 0.717) is 6.54 Å². The second-order valence-corrected chi connectivity index (χ2v) is 6.14. The number of ether oxygens (including phenoxy) is 1. The third kappa shape index (κ3) is 5.04. The lowest BCUT2D eigenvalue weighted by Gasteiger charge is -2.12. The lowest BCUT2D eigenvalue weighted by atomic mass is 10.2. The van der Waals surface area contributed by atoms with Crippen molar-refractivity contribution >= 4 is 17.3 Å². The molecule has 1 aromatic heterocycles. The Balaban J connectivity index is 1.77. The molecule has 0 fully saturated rings. The normalized spacial score (nSPS) is 11.3. The molecule has 0 bridgehead atoms. The minimum Gasteiger partial charge on any atom is -0.497 e. The number of nitrogens with zero attached hydrogens (tertiary/aromatic N) is 2. The van der Waals surface area contributed by atoms with Crippen molar-refractivity contribution in [3.05, 3.63) is 45.9 Å². The highest BCUT2D eigenvalue weighted by atomic mass is 32.1. The van der Waals surface area contributed by atoms with Gasteiger partial charge in [-0.1, -0.05) is 12.1 Å². The number of guanidine groups is 1. The van der Waals surface area contributed by atoms with Crippen LogP contribution in [0.1, 0.15) is 15.4 Å². The first-order chi connectivity index (χ1) is 10.7. The third-order valence-electron chi connectivity index (χ3n) is 3.12. The SMILES string of the molecule is CN=C(NCCc1ncc(C)s1)NCc1cccc(OC)c1. The Morgan fingerprint density at radius 2 is 2.23 bits per heavy atom. The van der Waals surface area contributed by atoms with E-state index in [1.165, 1.54) is 4.88 Å². The van der Waals surface area contributed by atoms with Gasteiger partial charge in [-0.25, -0.2) is 4.98 Å². The number of aliphatic imine (C=N–C) groups is 1. The summed E-state index contributed by atoms with van der Waals surface area (Å²) in [5.41, 5.74) is 1.15. The Bertz CT molecular complexity index is 624. The van der Waals surface area contributed by atoms with E-state index in [4.69, 9.17) is 4.74 Å². The molecule has 2 rings (SSSR count). The number of aryl methyl sites for hydroxylation is 1. The van der Waals surface area contributed by atoms with Gasteiger partial charge in [0.15, 0.2) is 5.96 Å². The minimum atomic E-state index is 0.702. The summed E-state index contributed by atoms with van der Waals surface area (Å²) in [4.78, 5) is 9.83. The van der Waals surface area contributed by atoms with Crippen LogP contribution in [0, 0.1) is 6.92 Å². The van der Waals surface area contributed by atoms with Gasteiger partial charge in [0, 0.05) is 37.6 Å². The van der Waals surface area contributed by atoms with Crippen LogP contribution in [-0.2, 0) is 13.0 Å².